The maximum atomic E-state index is 6.36. The molecule has 98 valence electrons. The molecule has 3 rings (SSSR count). The van der Waals surface area contributed by atoms with Crippen LogP contribution < -0.4 is 5.73 Å². The highest BCUT2D eigenvalue weighted by atomic mass is 16.5. The lowest BCUT2D eigenvalue weighted by Crippen LogP contribution is -2.45. The molecule has 1 aromatic rings. The third-order valence-electron chi connectivity index (χ3n) is 4.16. The van der Waals surface area contributed by atoms with Crippen LogP contribution in [-0.4, -0.2) is 36.7 Å². The molecule has 2 aliphatic heterocycles. The van der Waals surface area contributed by atoms with Crippen molar-refractivity contribution in [2.75, 3.05) is 19.6 Å². The zero-order valence-corrected chi connectivity index (χ0v) is 11.0. The van der Waals surface area contributed by atoms with Crippen molar-refractivity contribution < 1.29 is 4.74 Å². The summed E-state index contributed by atoms with van der Waals surface area (Å²) in [5.74, 6) is 0. The van der Waals surface area contributed by atoms with E-state index in [9.17, 15) is 0 Å². The first-order chi connectivity index (χ1) is 8.72. The average Bonchev–Trinajstić information content (AvgIpc) is 2.69. The van der Waals surface area contributed by atoms with Gasteiger partial charge in [0.2, 0.25) is 0 Å². The summed E-state index contributed by atoms with van der Waals surface area (Å²) in [6.07, 6.45) is 3.35. The Labute approximate surface area is 109 Å². The van der Waals surface area contributed by atoms with Crippen LogP contribution in [0.2, 0.25) is 0 Å². The summed E-state index contributed by atoms with van der Waals surface area (Å²) in [5, 5.41) is 0. The van der Waals surface area contributed by atoms with Gasteiger partial charge >= 0.3 is 0 Å². The number of hydrogen-bond acceptors (Lipinski definition) is 3. The van der Waals surface area contributed by atoms with Gasteiger partial charge in [0.1, 0.15) is 0 Å². The molecule has 0 aliphatic carbocycles. The highest BCUT2D eigenvalue weighted by molar-refractivity contribution is 5.28. The Morgan fingerprint density at radius 3 is 2.61 bits per heavy atom. The van der Waals surface area contributed by atoms with Gasteiger partial charge in [-0.15, -0.1) is 0 Å². The molecule has 3 unspecified atom stereocenters. The Kier molecular flexibility index (Phi) is 3.37. The van der Waals surface area contributed by atoms with Crippen LogP contribution in [-0.2, 0) is 4.74 Å². The maximum absolute atomic E-state index is 6.36. The highest BCUT2D eigenvalue weighted by Crippen LogP contribution is 2.27. The number of nitrogens with zero attached hydrogens (tertiary/aromatic N) is 1. The molecule has 3 atom stereocenters. The fourth-order valence-electron chi connectivity index (χ4n) is 3.23. The molecule has 0 aromatic heterocycles. The molecule has 1 aromatic carbocycles. The zero-order chi connectivity index (χ0) is 12.5. The number of aryl methyl sites for hydroxylation is 1. The van der Waals surface area contributed by atoms with Crippen molar-refractivity contribution in [1.82, 2.24) is 4.90 Å². The van der Waals surface area contributed by atoms with E-state index in [1.54, 1.807) is 0 Å². The van der Waals surface area contributed by atoms with Gasteiger partial charge in [-0.1, -0.05) is 24.3 Å². The molecule has 2 heterocycles. The van der Waals surface area contributed by atoms with Crippen molar-refractivity contribution in [3.8, 4) is 0 Å². The average molecular weight is 246 g/mol. The minimum atomic E-state index is 0.115. The van der Waals surface area contributed by atoms with E-state index in [2.05, 4.69) is 36.1 Å². The van der Waals surface area contributed by atoms with Crippen LogP contribution in [0.25, 0.3) is 0 Å². The van der Waals surface area contributed by atoms with E-state index in [0.717, 1.165) is 19.6 Å². The van der Waals surface area contributed by atoms with Gasteiger partial charge in [-0.05, 0) is 30.9 Å². The Balaban J connectivity index is 1.64. The number of benzene rings is 1. The molecule has 0 amide bonds. The number of rotatable bonds is 3. The minimum Gasteiger partial charge on any atom is -0.372 e. The fourth-order valence-corrected chi connectivity index (χ4v) is 3.23. The summed E-state index contributed by atoms with van der Waals surface area (Å²) >= 11 is 0. The van der Waals surface area contributed by atoms with Gasteiger partial charge in [-0.3, -0.25) is 4.90 Å². The molecule has 2 fully saturated rings. The van der Waals surface area contributed by atoms with Crippen molar-refractivity contribution >= 4 is 0 Å². The van der Waals surface area contributed by atoms with Crippen molar-refractivity contribution in [3.63, 3.8) is 0 Å². The molecule has 3 heteroatoms. The summed E-state index contributed by atoms with van der Waals surface area (Å²) in [4.78, 5) is 2.48. The van der Waals surface area contributed by atoms with Gasteiger partial charge < -0.3 is 10.5 Å². The van der Waals surface area contributed by atoms with Crippen LogP contribution in [0.15, 0.2) is 24.3 Å². The van der Waals surface area contributed by atoms with Crippen LogP contribution in [0.1, 0.15) is 30.0 Å². The lowest BCUT2D eigenvalue weighted by molar-refractivity contribution is -0.0397. The molecular formula is C15H22N2O. The maximum Gasteiger partial charge on any atom is 0.0707 e. The van der Waals surface area contributed by atoms with Crippen molar-refractivity contribution in [3.05, 3.63) is 35.4 Å². The van der Waals surface area contributed by atoms with Crippen molar-refractivity contribution in [1.29, 1.82) is 0 Å². The molecule has 3 nitrogen and oxygen atoms in total. The van der Waals surface area contributed by atoms with Crippen molar-refractivity contribution in [2.24, 2.45) is 5.73 Å². The van der Waals surface area contributed by atoms with E-state index in [-0.39, 0.29) is 6.04 Å². The quantitative estimate of drug-likeness (QED) is 0.884. The van der Waals surface area contributed by atoms with Crippen molar-refractivity contribution in [2.45, 2.75) is 38.0 Å². The van der Waals surface area contributed by atoms with Gasteiger partial charge in [0, 0.05) is 25.7 Å². The van der Waals surface area contributed by atoms with E-state index in [1.807, 2.05) is 0 Å². The Bertz CT molecular complexity index is 409. The highest BCUT2D eigenvalue weighted by Gasteiger charge is 2.34. The van der Waals surface area contributed by atoms with E-state index in [4.69, 9.17) is 10.5 Å². The first kappa shape index (κ1) is 12.2. The second kappa shape index (κ2) is 5.00. The van der Waals surface area contributed by atoms with E-state index in [0.29, 0.717) is 12.2 Å². The number of fused-ring (bicyclic) bond motifs is 2. The first-order valence-electron chi connectivity index (χ1n) is 6.91. The zero-order valence-electron chi connectivity index (χ0n) is 11.0. The predicted molar refractivity (Wildman–Crippen MR) is 72.4 cm³/mol. The number of likely N-dealkylation sites (tertiary alicyclic amines) is 1. The normalized spacial score (nSPS) is 29.4. The molecule has 2 saturated heterocycles. The first-order valence-corrected chi connectivity index (χ1v) is 6.91. The third kappa shape index (κ3) is 2.44. The van der Waals surface area contributed by atoms with Gasteiger partial charge in [0.05, 0.1) is 12.2 Å². The minimum absolute atomic E-state index is 0.115. The van der Waals surface area contributed by atoms with Crippen LogP contribution in [0, 0.1) is 6.92 Å². The molecule has 2 bridgehead atoms. The molecule has 18 heavy (non-hydrogen) atoms. The molecule has 0 spiro atoms. The molecule has 0 radical (unpaired) electrons. The lowest BCUT2D eigenvalue weighted by atomic mass is 10.0. The van der Waals surface area contributed by atoms with Gasteiger partial charge in [-0.25, -0.2) is 0 Å². The number of hydrogen-bond donors (Lipinski definition) is 1. The number of ether oxygens (including phenoxy) is 1. The van der Waals surface area contributed by atoms with Gasteiger partial charge in [0.15, 0.2) is 0 Å². The van der Waals surface area contributed by atoms with Crippen LogP contribution in [0.3, 0.4) is 0 Å². The summed E-state index contributed by atoms with van der Waals surface area (Å²) in [6, 6.07) is 8.54. The standard InChI is InChI=1S/C15H22N2O/c1-11-4-2-3-5-14(11)15(16)10-17-8-12-6-7-13(9-17)18-12/h2-5,12-13,15H,6-10,16H2,1H3. The second-order valence-electron chi connectivity index (χ2n) is 5.64. The summed E-state index contributed by atoms with van der Waals surface area (Å²) in [6.45, 7) is 5.19. The Morgan fingerprint density at radius 1 is 1.28 bits per heavy atom. The second-order valence-corrected chi connectivity index (χ2v) is 5.64. The van der Waals surface area contributed by atoms with Crippen LogP contribution >= 0.6 is 0 Å². The largest absolute Gasteiger partial charge is 0.372 e. The number of nitrogens with two attached hydrogens (primary N) is 1. The summed E-state index contributed by atoms with van der Waals surface area (Å²) < 4.78 is 5.86. The topological polar surface area (TPSA) is 38.5 Å². The van der Waals surface area contributed by atoms with Crippen LogP contribution in [0.5, 0.6) is 0 Å². The van der Waals surface area contributed by atoms with Gasteiger partial charge in [-0.2, -0.15) is 0 Å². The molecule has 2 N–H and O–H groups in total. The molecule has 0 saturated carbocycles. The van der Waals surface area contributed by atoms with E-state index in [1.165, 1.54) is 24.0 Å². The predicted octanol–water partition coefficient (Wildman–Crippen LogP) is 1.86. The summed E-state index contributed by atoms with van der Waals surface area (Å²) in [5.41, 5.74) is 8.92. The van der Waals surface area contributed by atoms with E-state index >= 15 is 0 Å². The number of morpholine rings is 1. The Hall–Kier alpha value is -0.900. The molecular weight excluding hydrogens is 224 g/mol. The van der Waals surface area contributed by atoms with Crippen LogP contribution in [0.4, 0.5) is 0 Å². The Morgan fingerprint density at radius 2 is 1.94 bits per heavy atom. The fraction of sp³-hybridized carbons (Fsp3) is 0.600. The third-order valence-corrected chi connectivity index (χ3v) is 4.16. The molecule has 2 aliphatic rings. The van der Waals surface area contributed by atoms with E-state index < -0.39 is 0 Å². The lowest BCUT2D eigenvalue weighted by Gasteiger charge is -2.34. The van der Waals surface area contributed by atoms with Gasteiger partial charge in [0.25, 0.3) is 0 Å². The summed E-state index contributed by atoms with van der Waals surface area (Å²) in [7, 11) is 0. The SMILES string of the molecule is Cc1ccccc1C(N)CN1CC2CCC(C1)O2. The monoisotopic (exact) mass is 246 g/mol. The smallest absolute Gasteiger partial charge is 0.0707 e.